The minimum Gasteiger partial charge on any atom is -0.384 e. The molecule has 0 saturated carbocycles. The molecule has 1 N–H and O–H groups in total. The van der Waals surface area contributed by atoms with Crippen molar-refractivity contribution < 1.29 is 0 Å². The Morgan fingerprint density at radius 3 is 3.46 bits per heavy atom. The van der Waals surface area contributed by atoms with Crippen molar-refractivity contribution in [2.45, 2.75) is 12.8 Å². The quantitative estimate of drug-likeness (QED) is 0.690. The second-order valence-electron chi connectivity index (χ2n) is 3.33. The SMILES string of the molecule is c1cc2c3c(cnc2s1)CCCN3. The normalized spacial score (nSPS) is 15.4. The minimum absolute atomic E-state index is 1.10. The molecule has 2 nitrogen and oxygen atoms in total. The molecule has 0 bridgehead atoms. The van der Waals surface area contributed by atoms with Gasteiger partial charge in [-0.2, -0.15) is 0 Å². The van der Waals surface area contributed by atoms with Crippen LogP contribution >= 0.6 is 11.3 Å². The van der Waals surface area contributed by atoms with Gasteiger partial charge in [0.25, 0.3) is 0 Å². The van der Waals surface area contributed by atoms with Crippen molar-refractivity contribution in [2.24, 2.45) is 0 Å². The Labute approximate surface area is 80.6 Å². The topological polar surface area (TPSA) is 24.9 Å². The lowest BCUT2D eigenvalue weighted by Crippen LogP contribution is -2.11. The van der Waals surface area contributed by atoms with E-state index in [9.17, 15) is 0 Å². The molecule has 0 aliphatic carbocycles. The number of aromatic nitrogens is 1. The number of pyridine rings is 1. The summed E-state index contributed by atoms with van der Waals surface area (Å²) in [6.45, 7) is 1.10. The van der Waals surface area contributed by atoms with Crippen LogP contribution in [0, 0.1) is 0 Å². The van der Waals surface area contributed by atoms with Crippen LogP contribution in [0.5, 0.6) is 0 Å². The minimum atomic E-state index is 1.10. The molecule has 1 aliphatic heterocycles. The summed E-state index contributed by atoms with van der Waals surface area (Å²) in [6, 6.07) is 2.16. The number of aryl methyl sites for hydroxylation is 1. The van der Waals surface area contributed by atoms with Crippen molar-refractivity contribution in [3.05, 3.63) is 23.2 Å². The molecule has 0 fully saturated rings. The molecule has 3 heterocycles. The van der Waals surface area contributed by atoms with Crippen LogP contribution in [0.15, 0.2) is 17.6 Å². The van der Waals surface area contributed by atoms with E-state index in [-0.39, 0.29) is 0 Å². The van der Waals surface area contributed by atoms with Gasteiger partial charge in [0.15, 0.2) is 0 Å². The Morgan fingerprint density at radius 1 is 1.46 bits per heavy atom. The highest BCUT2D eigenvalue weighted by molar-refractivity contribution is 7.16. The van der Waals surface area contributed by atoms with Crippen LogP contribution in [0.1, 0.15) is 12.0 Å². The van der Waals surface area contributed by atoms with E-state index in [0.29, 0.717) is 0 Å². The largest absolute Gasteiger partial charge is 0.384 e. The van der Waals surface area contributed by atoms with Gasteiger partial charge in [-0.25, -0.2) is 4.98 Å². The van der Waals surface area contributed by atoms with Crippen LogP contribution in [-0.4, -0.2) is 11.5 Å². The van der Waals surface area contributed by atoms with Gasteiger partial charge in [0.1, 0.15) is 4.83 Å². The lowest BCUT2D eigenvalue weighted by atomic mass is 10.0. The van der Waals surface area contributed by atoms with Crippen LogP contribution in [-0.2, 0) is 6.42 Å². The first-order valence-corrected chi connectivity index (χ1v) is 5.42. The number of hydrogen-bond donors (Lipinski definition) is 1. The number of nitrogens with zero attached hydrogens (tertiary/aromatic N) is 1. The number of fused-ring (bicyclic) bond motifs is 3. The summed E-state index contributed by atoms with van der Waals surface area (Å²) in [6.07, 6.45) is 4.41. The highest BCUT2D eigenvalue weighted by atomic mass is 32.1. The molecule has 2 aromatic heterocycles. The van der Waals surface area contributed by atoms with E-state index >= 15 is 0 Å². The van der Waals surface area contributed by atoms with E-state index in [1.165, 1.54) is 29.5 Å². The maximum Gasteiger partial charge on any atom is 0.125 e. The lowest BCUT2D eigenvalue weighted by Gasteiger charge is -2.17. The summed E-state index contributed by atoms with van der Waals surface area (Å²) in [7, 11) is 0. The van der Waals surface area contributed by atoms with Crippen LogP contribution in [0.3, 0.4) is 0 Å². The third-order valence-electron chi connectivity index (χ3n) is 2.50. The van der Waals surface area contributed by atoms with E-state index < -0.39 is 0 Å². The Bertz CT molecular complexity index is 447. The predicted octanol–water partition coefficient (Wildman–Crippen LogP) is 2.65. The van der Waals surface area contributed by atoms with E-state index in [1.54, 1.807) is 11.3 Å². The molecule has 1 aliphatic rings. The standard InChI is InChI=1S/C10H10N2S/c1-2-7-6-12-10-8(3-5-13-10)9(7)11-4-1/h3,5-6,11H,1-2,4H2. The smallest absolute Gasteiger partial charge is 0.125 e. The van der Waals surface area contributed by atoms with Gasteiger partial charge in [0.2, 0.25) is 0 Å². The molecule has 0 spiro atoms. The van der Waals surface area contributed by atoms with Crippen molar-refractivity contribution in [1.82, 2.24) is 4.98 Å². The van der Waals surface area contributed by atoms with E-state index in [2.05, 4.69) is 21.7 Å². The maximum atomic E-state index is 4.43. The summed E-state index contributed by atoms with van der Waals surface area (Å²) >= 11 is 1.71. The molecule has 3 rings (SSSR count). The van der Waals surface area contributed by atoms with Gasteiger partial charge in [-0.1, -0.05) is 0 Å². The van der Waals surface area contributed by atoms with E-state index in [4.69, 9.17) is 0 Å². The number of hydrogen-bond acceptors (Lipinski definition) is 3. The van der Waals surface area contributed by atoms with Crippen LogP contribution in [0.2, 0.25) is 0 Å². The van der Waals surface area contributed by atoms with Crippen molar-refractivity contribution >= 4 is 27.2 Å². The van der Waals surface area contributed by atoms with Gasteiger partial charge < -0.3 is 5.32 Å². The Kier molecular flexibility index (Phi) is 1.52. The third-order valence-corrected chi connectivity index (χ3v) is 3.32. The van der Waals surface area contributed by atoms with Crippen LogP contribution < -0.4 is 5.32 Å². The molecule has 0 amide bonds. The number of nitrogens with one attached hydrogen (secondary N) is 1. The fourth-order valence-corrected chi connectivity index (χ4v) is 2.60. The highest BCUT2D eigenvalue weighted by Gasteiger charge is 2.12. The van der Waals surface area contributed by atoms with Crippen molar-refractivity contribution in [1.29, 1.82) is 0 Å². The number of thiophene rings is 1. The van der Waals surface area contributed by atoms with Crippen molar-refractivity contribution in [3.8, 4) is 0 Å². The van der Waals surface area contributed by atoms with Gasteiger partial charge in [-0.3, -0.25) is 0 Å². The Hall–Kier alpha value is -1.09. The zero-order chi connectivity index (χ0) is 8.67. The predicted molar refractivity (Wildman–Crippen MR) is 56.4 cm³/mol. The molecule has 0 saturated heterocycles. The molecule has 66 valence electrons. The average molecular weight is 190 g/mol. The molecule has 0 aromatic carbocycles. The van der Waals surface area contributed by atoms with Gasteiger partial charge in [-0.15, -0.1) is 11.3 Å². The summed E-state index contributed by atoms with van der Waals surface area (Å²) in [5, 5.41) is 6.86. The van der Waals surface area contributed by atoms with Crippen molar-refractivity contribution in [3.63, 3.8) is 0 Å². The van der Waals surface area contributed by atoms with Gasteiger partial charge in [-0.05, 0) is 29.9 Å². The first kappa shape index (κ1) is 7.33. The van der Waals surface area contributed by atoms with E-state index in [0.717, 1.165) is 11.4 Å². The summed E-state index contributed by atoms with van der Waals surface area (Å²) in [5.74, 6) is 0. The number of anilines is 1. The van der Waals surface area contributed by atoms with E-state index in [1.807, 2.05) is 6.20 Å². The third kappa shape index (κ3) is 1.04. The first-order chi connectivity index (χ1) is 6.45. The molecule has 2 aromatic rings. The molecule has 0 radical (unpaired) electrons. The zero-order valence-corrected chi connectivity index (χ0v) is 8.03. The first-order valence-electron chi connectivity index (χ1n) is 4.54. The molecule has 3 heteroatoms. The second kappa shape index (κ2) is 2.70. The van der Waals surface area contributed by atoms with Gasteiger partial charge in [0.05, 0.1) is 0 Å². The maximum absolute atomic E-state index is 4.43. The lowest BCUT2D eigenvalue weighted by molar-refractivity contribution is 0.829. The second-order valence-corrected chi connectivity index (χ2v) is 4.22. The highest BCUT2D eigenvalue weighted by Crippen LogP contribution is 2.31. The molecule has 0 unspecified atom stereocenters. The monoisotopic (exact) mass is 190 g/mol. The number of rotatable bonds is 0. The zero-order valence-electron chi connectivity index (χ0n) is 7.21. The fourth-order valence-electron chi connectivity index (χ4n) is 1.86. The Morgan fingerprint density at radius 2 is 2.46 bits per heavy atom. The molecular weight excluding hydrogens is 180 g/mol. The molecule has 13 heavy (non-hydrogen) atoms. The summed E-state index contributed by atoms with van der Waals surface area (Å²) < 4.78 is 0. The summed E-state index contributed by atoms with van der Waals surface area (Å²) in [4.78, 5) is 5.58. The van der Waals surface area contributed by atoms with Gasteiger partial charge >= 0.3 is 0 Å². The molecule has 0 atom stereocenters. The fraction of sp³-hybridized carbons (Fsp3) is 0.300. The van der Waals surface area contributed by atoms with Crippen molar-refractivity contribution in [2.75, 3.05) is 11.9 Å². The summed E-state index contributed by atoms with van der Waals surface area (Å²) in [5.41, 5.74) is 2.69. The molecular formula is C10H10N2S. The Balaban J connectivity index is 2.34. The van der Waals surface area contributed by atoms with Crippen LogP contribution in [0.25, 0.3) is 10.2 Å². The average Bonchev–Trinajstić information content (AvgIpc) is 2.65. The van der Waals surface area contributed by atoms with Crippen LogP contribution in [0.4, 0.5) is 5.69 Å². The van der Waals surface area contributed by atoms with Gasteiger partial charge in [0, 0.05) is 23.8 Å².